The summed E-state index contributed by atoms with van der Waals surface area (Å²) in [5, 5.41) is 18.2. The van der Waals surface area contributed by atoms with Crippen molar-refractivity contribution in [1.82, 2.24) is 15.2 Å². The average molecular weight is 525 g/mol. The Hall–Kier alpha value is -3.69. The van der Waals surface area contributed by atoms with Crippen molar-refractivity contribution < 1.29 is 18.7 Å². The number of carbonyl (C=O) groups is 1. The van der Waals surface area contributed by atoms with E-state index in [0.717, 1.165) is 17.3 Å². The summed E-state index contributed by atoms with van der Waals surface area (Å²) in [4.78, 5) is 18.8. The molecule has 0 saturated carbocycles. The molecule has 182 valence electrons. The Morgan fingerprint density at radius 2 is 1.78 bits per heavy atom. The average Bonchev–Trinajstić information content (AvgIpc) is 3.42. The second-order valence-electron chi connectivity index (χ2n) is 8.16. The van der Waals surface area contributed by atoms with E-state index in [9.17, 15) is 18.7 Å². The summed E-state index contributed by atoms with van der Waals surface area (Å²) in [5.41, 5.74) is 2.32. The molecule has 1 aromatic heterocycles. The number of aryl methyl sites for hydroxylation is 1. The number of hydrogen-bond acceptors (Lipinski definition) is 5. The van der Waals surface area contributed by atoms with Crippen LogP contribution in [-0.4, -0.2) is 26.2 Å². The van der Waals surface area contributed by atoms with E-state index in [4.69, 9.17) is 11.6 Å². The Balaban J connectivity index is 1.52. The lowest BCUT2D eigenvalue weighted by atomic mass is 9.93. The SMILES string of the molecule is Cc1ccc(C2=C(O)C(=O)N(c3nc(SCc4c(F)cccc4Cl)n[nH]3)[C@@H]2c2ccccc2F)cc1. The number of aromatic amines is 1. The molecule has 1 aliphatic heterocycles. The van der Waals surface area contributed by atoms with Crippen molar-refractivity contribution in [2.45, 2.75) is 23.9 Å². The number of aliphatic hydroxyl groups excluding tert-OH is 1. The van der Waals surface area contributed by atoms with Crippen LogP contribution in [0, 0.1) is 18.6 Å². The summed E-state index contributed by atoms with van der Waals surface area (Å²) in [7, 11) is 0. The standard InChI is InChI=1S/C26H19ClF2N4O2S/c1-14-9-11-15(12-10-14)21-22(16-5-2-3-7-19(16)28)33(24(35)23(21)34)25-30-26(32-31-25)36-13-17-18(27)6-4-8-20(17)29/h2-12,22,34H,13H2,1H3,(H,30,31,32)/t22-/m1/s1. The number of hydrogen-bond donors (Lipinski definition) is 2. The largest absolute Gasteiger partial charge is 0.503 e. The zero-order valence-corrected chi connectivity index (χ0v) is 20.4. The molecule has 36 heavy (non-hydrogen) atoms. The molecular weight excluding hydrogens is 506 g/mol. The topological polar surface area (TPSA) is 82.1 Å². The minimum atomic E-state index is -0.992. The van der Waals surface area contributed by atoms with E-state index in [2.05, 4.69) is 15.2 Å². The van der Waals surface area contributed by atoms with Crippen molar-refractivity contribution in [2.24, 2.45) is 0 Å². The zero-order chi connectivity index (χ0) is 25.4. The molecule has 0 bridgehead atoms. The van der Waals surface area contributed by atoms with E-state index in [-0.39, 0.29) is 33.0 Å². The summed E-state index contributed by atoms with van der Waals surface area (Å²) in [6.07, 6.45) is 0. The van der Waals surface area contributed by atoms with Crippen LogP contribution < -0.4 is 4.90 Å². The molecule has 2 heterocycles. The normalized spacial score (nSPS) is 15.7. The molecule has 0 aliphatic carbocycles. The molecule has 0 unspecified atom stereocenters. The van der Waals surface area contributed by atoms with E-state index < -0.39 is 29.3 Å². The molecule has 1 aliphatic rings. The molecule has 5 rings (SSSR count). The second-order valence-corrected chi connectivity index (χ2v) is 9.51. The molecular formula is C26H19ClF2N4O2S. The van der Waals surface area contributed by atoms with Crippen LogP contribution in [0.15, 0.2) is 77.6 Å². The molecule has 10 heteroatoms. The minimum absolute atomic E-state index is 0.0176. The van der Waals surface area contributed by atoms with Gasteiger partial charge in [0.25, 0.3) is 5.91 Å². The Kier molecular flexibility index (Phi) is 6.51. The van der Waals surface area contributed by atoms with Gasteiger partial charge in [-0.05, 0) is 30.7 Å². The summed E-state index contributed by atoms with van der Waals surface area (Å²) in [6, 6.07) is 16.7. The van der Waals surface area contributed by atoms with Crippen molar-refractivity contribution in [3.8, 4) is 0 Å². The molecule has 0 radical (unpaired) electrons. The maximum atomic E-state index is 15.0. The number of nitrogens with one attached hydrogen (secondary N) is 1. The second kappa shape index (κ2) is 9.75. The van der Waals surface area contributed by atoms with Crippen LogP contribution in [0.2, 0.25) is 5.02 Å². The highest BCUT2D eigenvalue weighted by Crippen LogP contribution is 2.45. The highest BCUT2D eigenvalue weighted by atomic mass is 35.5. The Bertz CT molecular complexity index is 1470. The van der Waals surface area contributed by atoms with Gasteiger partial charge >= 0.3 is 0 Å². The molecule has 3 aromatic carbocycles. The monoisotopic (exact) mass is 524 g/mol. The van der Waals surface area contributed by atoms with Gasteiger partial charge in [-0.3, -0.25) is 9.69 Å². The smallest absolute Gasteiger partial charge is 0.296 e. The van der Waals surface area contributed by atoms with Gasteiger partial charge in [-0.15, -0.1) is 5.10 Å². The molecule has 1 atom stereocenters. The van der Waals surface area contributed by atoms with Gasteiger partial charge in [0, 0.05) is 27.5 Å². The molecule has 1 amide bonds. The number of halogens is 3. The Morgan fingerprint density at radius 3 is 2.50 bits per heavy atom. The van der Waals surface area contributed by atoms with E-state index in [1.807, 2.05) is 19.1 Å². The van der Waals surface area contributed by atoms with E-state index in [1.165, 1.54) is 23.1 Å². The number of thioether (sulfide) groups is 1. The fraction of sp³-hybridized carbons (Fsp3) is 0.115. The first kappa shape index (κ1) is 24.0. The van der Waals surface area contributed by atoms with Gasteiger partial charge in [-0.2, -0.15) is 4.98 Å². The number of benzene rings is 3. The fourth-order valence-corrected chi connectivity index (χ4v) is 5.20. The minimum Gasteiger partial charge on any atom is -0.503 e. The predicted molar refractivity (Wildman–Crippen MR) is 135 cm³/mol. The predicted octanol–water partition coefficient (Wildman–Crippen LogP) is 6.39. The first-order valence-electron chi connectivity index (χ1n) is 10.9. The van der Waals surface area contributed by atoms with E-state index in [1.54, 1.807) is 36.4 Å². The lowest BCUT2D eigenvalue weighted by Gasteiger charge is -2.25. The highest BCUT2D eigenvalue weighted by Gasteiger charge is 2.44. The number of rotatable bonds is 6. The van der Waals surface area contributed by atoms with Crippen LogP contribution in [-0.2, 0) is 10.5 Å². The van der Waals surface area contributed by atoms with Crippen LogP contribution in [0.1, 0.15) is 28.3 Å². The van der Waals surface area contributed by atoms with Crippen LogP contribution in [0.25, 0.3) is 5.57 Å². The van der Waals surface area contributed by atoms with E-state index in [0.29, 0.717) is 11.1 Å². The molecule has 0 fully saturated rings. The lowest BCUT2D eigenvalue weighted by molar-refractivity contribution is -0.117. The number of aromatic nitrogens is 3. The van der Waals surface area contributed by atoms with Crippen molar-refractivity contribution in [3.05, 3.63) is 111 Å². The van der Waals surface area contributed by atoms with Gasteiger partial charge in [0.2, 0.25) is 11.1 Å². The molecule has 6 nitrogen and oxygen atoms in total. The molecule has 0 spiro atoms. The number of carbonyl (C=O) groups excluding carboxylic acids is 1. The lowest BCUT2D eigenvalue weighted by Crippen LogP contribution is -2.31. The number of aliphatic hydroxyl groups is 1. The fourth-order valence-electron chi connectivity index (χ4n) is 4.06. The summed E-state index contributed by atoms with van der Waals surface area (Å²) < 4.78 is 29.1. The molecule has 0 saturated heterocycles. The third kappa shape index (κ3) is 4.36. The van der Waals surface area contributed by atoms with Crippen LogP contribution in [0.4, 0.5) is 14.7 Å². The summed E-state index contributed by atoms with van der Waals surface area (Å²) >= 11 is 7.22. The third-order valence-electron chi connectivity index (χ3n) is 5.86. The van der Waals surface area contributed by atoms with Gasteiger partial charge in [0.05, 0.1) is 6.04 Å². The number of anilines is 1. The Morgan fingerprint density at radius 1 is 1.06 bits per heavy atom. The van der Waals surface area contributed by atoms with Crippen molar-refractivity contribution in [3.63, 3.8) is 0 Å². The van der Waals surface area contributed by atoms with Crippen molar-refractivity contribution in [2.75, 3.05) is 4.90 Å². The van der Waals surface area contributed by atoms with Crippen molar-refractivity contribution in [1.29, 1.82) is 0 Å². The third-order valence-corrected chi connectivity index (χ3v) is 7.09. The van der Waals surface area contributed by atoms with Crippen LogP contribution >= 0.6 is 23.4 Å². The number of nitrogens with zero attached hydrogens (tertiary/aromatic N) is 3. The Labute approximate surface area is 214 Å². The summed E-state index contributed by atoms with van der Waals surface area (Å²) in [5.74, 6) is -2.06. The van der Waals surface area contributed by atoms with E-state index >= 15 is 0 Å². The van der Waals surface area contributed by atoms with Gasteiger partial charge in [0.1, 0.15) is 11.6 Å². The van der Waals surface area contributed by atoms with Gasteiger partial charge in [-0.1, -0.05) is 77.5 Å². The number of amides is 1. The van der Waals surface area contributed by atoms with Crippen molar-refractivity contribution >= 4 is 40.8 Å². The number of H-pyrrole nitrogens is 1. The summed E-state index contributed by atoms with van der Waals surface area (Å²) in [6.45, 7) is 1.92. The van der Waals surface area contributed by atoms with Gasteiger partial charge < -0.3 is 5.11 Å². The van der Waals surface area contributed by atoms with Crippen LogP contribution in [0.5, 0.6) is 0 Å². The van der Waals surface area contributed by atoms with Gasteiger partial charge in [-0.25, -0.2) is 13.9 Å². The first-order valence-corrected chi connectivity index (χ1v) is 12.3. The maximum Gasteiger partial charge on any atom is 0.296 e. The quantitative estimate of drug-likeness (QED) is 0.285. The van der Waals surface area contributed by atoms with Gasteiger partial charge in [0.15, 0.2) is 5.76 Å². The maximum absolute atomic E-state index is 15.0. The molecule has 2 N–H and O–H groups in total. The van der Waals surface area contributed by atoms with Crippen LogP contribution in [0.3, 0.4) is 0 Å². The molecule has 4 aromatic rings. The first-order chi connectivity index (χ1) is 17.3. The highest BCUT2D eigenvalue weighted by molar-refractivity contribution is 7.98. The zero-order valence-electron chi connectivity index (χ0n) is 18.9.